The number of carbonyl (C=O) groups is 3. The molecule has 1 aliphatic heterocycles. The van der Waals surface area contributed by atoms with Gasteiger partial charge in [-0.15, -0.1) is 0 Å². The van der Waals surface area contributed by atoms with Crippen molar-refractivity contribution in [2.45, 2.75) is 19.4 Å². The summed E-state index contributed by atoms with van der Waals surface area (Å²) in [4.78, 5) is 48.9. The molecular weight excluding hydrogens is 432 g/mol. The van der Waals surface area contributed by atoms with Crippen molar-refractivity contribution >= 4 is 23.3 Å². The summed E-state index contributed by atoms with van der Waals surface area (Å²) in [5.41, 5.74) is 1.83. The third kappa shape index (κ3) is 5.03. The standard InChI is InChI=1S/C24H19F2N3O4/c25-19-5-3-15(10-20(19)26)13-29-7-1-2-18(24(29)33)23(32)27-12-17(30)9-14-4-6-21-16(8-14)11-22(31)28-21/h1-8,10H,9,11-13H2,(H,27,32)(H,28,31). The summed E-state index contributed by atoms with van der Waals surface area (Å²) in [6.07, 6.45) is 1.76. The lowest BCUT2D eigenvalue weighted by atomic mass is 10.0. The molecule has 2 aromatic carbocycles. The number of amides is 2. The van der Waals surface area contributed by atoms with Crippen molar-refractivity contribution in [3.05, 3.63) is 99.0 Å². The SMILES string of the molecule is O=C(CNC(=O)c1cccn(Cc2ccc(F)c(F)c2)c1=O)Cc1ccc2c(c1)CC(=O)N2. The monoisotopic (exact) mass is 451 g/mol. The van der Waals surface area contributed by atoms with E-state index in [0.29, 0.717) is 5.56 Å². The number of hydrogen-bond donors (Lipinski definition) is 2. The first kappa shape index (κ1) is 22.1. The Balaban J connectivity index is 1.38. The van der Waals surface area contributed by atoms with Crippen LogP contribution in [0.15, 0.2) is 59.5 Å². The molecule has 0 saturated heterocycles. The Morgan fingerprint density at radius 1 is 1.00 bits per heavy atom. The second-order valence-electron chi connectivity index (χ2n) is 7.72. The zero-order valence-electron chi connectivity index (χ0n) is 17.4. The minimum atomic E-state index is -1.03. The number of pyridine rings is 1. The van der Waals surface area contributed by atoms with Crippen LogP contribution in [0.4, 0.5) is 14.5 Å². The van der Waals surface area contributed by atoms with Crippen molar-refractivity contribution in [2.24, 2.45) is 0 Å². The van der Waals surface area contributed by atoms with E-state index in [2.05, 4.69) is 10.6 Å². The van der Waals surface area contributed by atoms with E-state index in [1.165, 1.54) is 29.0 Å². The second-order valence-corrected chi connectivity index (χ2v) is 7.72. The van der Waals surface area contributed by atoms with Crippen LogP contribution in [-0.4, -0.2) is 28.7 Å². The number of benzene rings is 2. The van der Waals surface area contributed by atoms with Gasteiger partial charge < -0.3 is 15.2 Å². The van der Waals surface area contributed by atoms with Crippen LogP contribution < -0.4 is 16.2 Å². The molecule has 7 nitrogen and oxygen atoms in total. The number of nitrogens with one attached hydrogen (secondary N) is 2. The molecule has 2 heterocycles. The fraction of sp³-hybridized carbons (Fsp3) is 0.167. The molecule has 0 saturated carbocycles. The fourth-order valence-corrected chi connectivity index (χ4v) is 3.63. The van der Waals surface area contributed by atoms with E-state index in [9.17, 15) is 28.0 Å². The quantitative estimate of drug-likeness (QED) is 0.576. The molecule has 33 heavy (non-hydrogen) atoms. The smallest absolute Gasteiger partial charge is 0.263 e. The molecule has 4 rings (SSSR count). The van der Waals surface area contributed by atoms with Crippen LogP contribution in [-0.2, 0) is 29.0 Å². The van der Waals surface area contributed by atoms with Crippen LogP contribution in [0.25, 0.3) is 0 Å². The topological polar surface area (TPSA) is 97.3 Å². The van der Waals surface area contributed by atoms with E-state index in [4.69, 9.17) is 0 Å². The van der Waals surface area contributed by atoms with Crippen molar-refractivity contribution in [3.63, 3.8) is 0 Å². The number of Topliss-reactive ketones (excluding diaryl/α,β-unsaturated/α-hetero) is 1. The molecular formula is C24H19F2N3O4. The number of ketones is 1. The third-order valence-electron chi connectivity index (χ3n) is 5.24. The predicted molar refractivity (Wildman–Crippen MR) is 116 cm³/mol. The molecule has 1 aliphatic rings. The van der Waals surface area contributed by atoms with Crippen molar-refractivity contribution in [1.82, 2.24) is 9.88 Å². The first-order valence-electron chi connectivity index (χ1n) is 10.1. The molecule has 0 aliphatic carbocycles. The Morgan fingerprint density at radius 2 is 1.79 bits per heavy atom. The first-order valence-corrected chi connectivity index (χ1v) is 10.1. The highest BCUT2D eigenvalue weighted by atomic mass is 19.2. The molecule has 3 aromatic rings. The largest absolute Gasteiger partial charge is 0.345 e. The van der Waals surface area contributed by atoms with Crippen LogP contribution in [0.2, 0.25) is 0 Å². The van der Waals surface area contributed by atoms with Crippen LogP contribution in [0.3, 0.4) is 0 Å². The molecule has 168 valence electrons. The van der Waals surface area contributed by atoms with Gasteiger partial charge in [-0.05, 0) is 47.0 Å². The Bertz CT molecular complexity index is 1330. The van der Waals surface area contributed by atoms with Gasteiger partial charge in [0.1, 0.15) is 5.56 Å². The van der Waals surface area contributed by atoms with Gasteiger partial charge in [0.15, 0.2) is 17.4 Å². The number of nitrogens with zero attached hydrogens (tertiary/aromatic N) is 1. The summed E-state index contributed by atoms with van der Waals surface area (Å²) in [6.45, 7) is -0.323. The highest BCUT2D eigenvalue weighted by Gasteiger charge is 2.18. The van der Waals surface area contributed by atoms with E-state index in [1.54, 1.807) is 18.2 Å². The van der Waals surface area contributed by atoms with E-state index in [-0.39, 0.29) is 43.2 Å². The fourth-order valence-electron chi connectivity index (χ4n) is 3.63. The number of aromatic nitrogens is 1. The van der Waals surface area contributed by atoms with Gasteiger partial charge in [0, 0.05) is 18.3 Å². The van der Waals surface area contributed by atoms with E-state index in [0.717, 1.165) is 28.9 Å². The molecule has 0 spiro atoms. The Hall–Kier alpha value is -4.14. The molecule has 0 fully saturated rings. The molecule has 0 bridgehead atoms. The molecule has 1 aromatic heterocycles. The summed E-state index contributed by atoms with van der Waals surface area (Å²) < 4.78 is 27.7. The van der Waals surface area contributed by atoms with Gasteiger partial charge in [-0.25, -0.2) is 8.78 Å². The summed E-state index contributed by atoms with van der Waals surface area (Å²) in [6, 6.07) is 11.4. The Morgan fingerprint density at radius 3 is 2.58 bits per heavy atom. The molecule has 2 N–H and O–H groups in total. The highest BCUT2D eigenvalue weighted by molar-refractivity contribution is 5.99. The van der Waals surface area contributed by atoms with Crippen molar-refractivity contribution in [2.75, 3.05) is 11.9 Å². The maximum Gasteiger partial charge on any atom is 0.263 e. The maximum absolute atomic E-state index is 13.4. The summed E-state index contributed by atoms with van der Waals surface area (Å²) in [5.74, 6) is -3.10. The lowest BCUT2D eigenvalue weighted by Crippen LogP contribution is -2.36. The minimum Gasteiger partial charge on any atom is -0.345 e. The lowest BCUT2D eigenvalue weighted by molar-refractivity contribution is -0.117. The Labute approximate surface area is 187 Å². The van der Waals surface area contributed by atoms with Gasteiger partial charge in [0.25, 0.3) is 11.5 Å². The molecule has 9 heteroatoms. The molecule has 0 radical (unpaired) electrons. The zero-order chi connectivity index (χ0) is 23.5. The van der Waals surface area contributed by atoms with E-state index in [1.807, 2.05) is 0 Å². The van der Waals surface area contributed by atoms with Crippen molar-refractivity contribution in [3.8, 4) is 0 Å². The van der Waals surface area contributed by atoms with Gasteiger partial charge in [-0.3, -0.25) is 19.2 Å². The maximum atomic E-state index is 13.4. The number of halogens is 2. The van der Waals surface area contributed by atoms with E-state index >= 15 is 0 Å². The van der Waals surface area contributed by atoms with Crippen LogP contribution >= 0.6 is 0 Å². The van der Waals surface area contributed by atoms with Crippen LogP contribution in [0.5, 0.6) is 0 Å². The molecule has 0 atom stereocenters. The Kier molecular flexibility index (Phi) is 6.12. The molecule has 2 amide bonds. The van der Waals surface area contributed by atoms with Crippen LogP contribution in [0, 0.1) is 11.6 Å². The minimum absolute atomic E-state index is 0.0498. The summed E-state index contributed by atoms with van der Waals surface area (Å²) in [7, 11) is 0. The van der Waals surface area contributed by atoms with Gasteiger partial charge in [-0.1, -0.05) is 18.2 Å². The lowest BCUT2D eigenvalue weighted by Gasteiger charge is -2.09. The second kappa shape index (κ2) is 9.15. The predicted octanol–water partition coefficient (Wildman–Crippen LogP) is 2.21. The van der Waals surface area contributed by atoms with Gasteiger partial charge in [0.05, 0.1) is 19.5 Å². The van der Waals surface area contributed by atoms with Crippen LogP contribution in [0.1, 0.15) is 27.0 Å². The van der Waals surface area contributed by atoms with Gasteiger partial charge >= 0.3 is 0 Å². The normalized spacial score (nSPS) is 12.2. The zero-order valence-corrected chi connectivity index (χ0v) is 17.4. The number of rotatable bonds is 7. The van der Waals surface area contributed by atoms with Crippen molar-refractivity contribution < 1.29 is 23.2 Å². The first-order chi connectivity index (χ1) is 15.8. The number of hydrogen-bond acceptors (Lipinski definition) is 4. The van der Waals surface area contributed by atoms with E-state index < -0.39 is 23.1 Å². The average Bonchev–Trinajstić information content (AvgIpc) is 3.15. The van der Waals surface area contributed by atoms with Gasteiger partial charge in [0.2, 0.25) is 5.91 Å². The summed E-state index contributed by atoms with van der Waals surface area (Å²) >= 11 is 0. The van der Waals surface area contributed by atoms with Crippen molar-refractivity contribution in [1.29, 1.82) is 0 Å². The highest BCUT2D eigenvalue weighted by Crippen LogP contribution is 2.24. The molecule has 0 unspecified atom stereocenters. The number of anilines is 1. The summed E-state index contributed by atoms with van der Waals surface area (Å²) in [5, 5.41) is 5.17. The number of carbonyl (C=O) groups excluding carboxylic acids is 3. The average molecular weight is 451 g/mol. The van der Waals surface area contributed by atoms with Gasteiger partial charge in [-0.2, -0.15) is 0 Å². The third-order valence-corrected chi connectivity index (χ3v) is 5.24. The number of fused-ring (bicyclic) bond motifs is 1.